The number of carbonyl (C=O) groups excluding carboxylic acids is 1. The maximum Gasteiger partial charge on any atom is 0.222 e. The SMILES string of the molecule is CCC1(c2cccc(OC)c2)CCC(=O)N(C)C1. The van der Waals surface area contributed by atoms with Crippen molar-refractivity contribution >= 4 is 5.91 Å². The predicted octanol–water partition coefficient (Wildman–Crippen LogP) is 2.60. The van der Waals surface area contributed by atoms with Gasteiger partial charge in [-0.05, 0) is 30.5 Å². The van der Waals surface area contributed by atoms with Crippen LogP contribution < -0.4 is 4.74 Å². The van der Waals surface area contributed by atoms with E-state index in [2.05, 4.69) is 19.1 Å². The number of carbonyl (C=O) groups is 1. The molecule has 98 valence electrons. The van der Waals surface area contributed by atoms with Crippen LogP contribution in [0, 0.1) is 0 Å². The molecular formula is C15H21NO2. The molecule has 0 radical (unpaired) electrons. The maximum atomic E-state index is 11.7. The molecule has 1 atom stereocenters. The zero-order valence-corrected chi connectivity index (χ0v) is 11.4. The van der Waals surface area contributed by atoms with Crippen LogP contribution in [0.1, 0.15) is 31.7 Å². The molecule has 0 aliphatic carbocycles. The third-order valence-electron chi connectivity index (χ3n) is 4.14. The summed E-state index contributed by atoms with van der Waals surface area (Å²) >= 11 is 0. The molecule has 0 saturated carbocycles. The van der Waals surface area contributed by atoms with Gasteiger partial charge in [0.1, 0.15) is 5.75 Å². The second kappa shape index (κ2) is 5.01. The van der Waals surface area contributed by atoms with Crippen LogP contribution in [0.3, 0.4) is 0 Å². The third kappa shape index (κ3) is 2.22. The first-order valence-corrected chi connectivity index (χ1v) is 6.50. The van der Waals surface area contributed by atoms with E-state index < -0.39 is 0 Å². The fourth-order valence-corrected chi connectivity index (χ4v) is 2.84. The Balaban J connectivity index is 2.34. The van der Waals surface area contributed by atoms with Gasteiger partial charge in [-0.15, -0.1) is 0 Å². The summed E-state index contributed by atoms with van der Waals surface area (Å²) in [6, 6.07) is 8.25. The van der Waals surface area contributed by atoms with Gasteiger partial charge in [-0.25, -0.2) is 0 Å². The summed E-state index contributed by atoms with van der Waals surface area (Å²) in [5.41, 5.74) is 1.36. The lowest BCUT2D eigenvalue weighted by Gasteiger charge is -2.41. The van der Waals surface area contributed by atoms with Gasteiger partial charge in [0, 0.05) is 25.4 Å². The van der Waals surface area contributed by atoms with Crippen LogP contribution in [-0.4, -0.2) is 31.5 Å². The van der Waals surface area contributed by atoms with Crippen molar-refractivity contribution in [3.63, 3.8) is 0 Å². The number of nitrogens with zero attached hydrogens (tertiary/aromatic N) is 1. The monoisotopic (exact) mass is 247 g/mol. The number of piperidine rings is 1. The van der Waals surface area contributed by atoms with Gasteiger partial charge in [0.15, 0.2) is 0 Å². The van der Waals surface area contributed by atoms with E-state index in [1.807, 2.05) is 24.1 Å². The molecule has 1 fully saturated rings. The van der Waals surface area contributed by atoms with Crippen LogP contribution >= 0.6 is 0 Å². The normalized spacial score (nSPS) is 24.2. The van der Waals surface area contributed by atoms with Gasteiger partial charge >= 0.3 is 0 Å². The van der Waals surface area contributed by atoms with Crippen LogP contribution in [0.2, 0.25) is 0 Å². The summed E-state index contributed by atoms with van der Waals surface area (Å²) in [6.45, 7) is 3.00. The van der Waals surface area contributed by atoms with Crippen molar-refractivity contribution in [3.05, 3.63) is 29.8 Å². The molecule has 2 rings (SSSR count). The summed E-state index contributed by atoms with van der Waals surface area (Å²) in [5, 5.41) is 0. The first-order valence-electron chi connectivity index (χ1n) is 6.50. The van der Waals surface area contributed by atoms with E-state index in [0.717, 1.165) is 25.1 Å². The fraction of sp³-hybridized carbons (Fsp3) is 0.533. The number of ether oxygens (including phenoxy) is 1. The summed E-state index contributed by atoms with van der Waals surface area (Å²) in [4.78, 5) is 13.5. The van der Waals surface area contributed by atoms with E-state index in [9.17, 15) is 4.79 Å². The average molecular weight is 247 g/mol. The molecular weight excluding hydrogens is 226 g/mol. The van der Waals surface area contributed by atoms with Crippen molar-refractivity contribution in [2.45, 2.75) is 31.6 Å². The number of likely N-dealkylation sites (N-methyl/N-ethyl adjacent to an activating group) is 1. The Hall–Kier alpha value is -1.51. The van der Waals surface area contributed by atoms with Gasteiger partial charge in [-0.1, -0.05) is 19.1 Å². The Kier molecular flexibility index (Phi) is 3.60. The van der Waals surface area contributed by atoms with E-state index in [1.54, 1.807) is 7.11 Å². The van der Waals surface area contributed by atoms with Gasteiger partial charge in [0.05, 0.1) is 7.11 Å². The lowest BCUT2D eigenvalue weighted by atomic mass is 9.72. The Labute approximate surface area is 109 Å². The summed E-state index contributed by atoms with van der Waals surface area (Å²) in [7, 11) is 3.58. The number of amides is 1. The summed E-state index contributed by atoms with van der Waals surface area (Å²) in [6.07, 6.45) is 2.61. The second-order valence-corrected chi connectivity index (χ2v) is 5.12. The summed E-state index contributed by atoms with van der Waals surface area (Å²) in [5.74, 6) is 1.14. The van der Waals surface area contributed by atoms with Gasteiger partial charge < -0.3 is 9.64 Å². The topological polar surface area (TPSA) is 29.5 Å². The zero-order chi connectivity index (χ0) is 13.2. The Morgan fingerprint density at radius 2 is 2.22 bits per heavy atom. The highest BCUT2D eigenvalue weighted by Gasteiger charge is 2.37. The zero-order valence-electron chi connectivity index (χ0n) is 11.4. The van der Waals surface area contributed by atoms with Crippen molar-refractivity contribution in [2.24, 2.45) is 0 Å². The van der Waals surface area contributed by atoms with Crippen molar-refractivity contribution < 1.29 is 9.53 Å². The molecule has 1 aromatic carbocycles. The highest BCUT2D eigenvalue weighted by Crippen LogP contribution is 2.38. The molecule has 1 heterocycles. The van der Waals surface area contributed by atoms with E-state index in [0.29, 0.717) is 6.42 Å². The number of benzene rings is 1. The van der Waals surface area contributed by atoms with Crippen LogP contribution in [-0.2, 0) is 10.2 Å². The van der Waals surface area contributed by atoms with Crippen LogP contribution in [0.25, 0.3) is 0 Å². The molecule has 0 aromatic heterocycles. The molecule has 3 heteroatoms. The Bertz CT molecular complexity index is 444. The number of hydrogen-bond donors (Lipinski definition) is 0. The molecule has 18 heavy (non-hydrogen) atoms. The average Bonchev–Trinajstić information content (AvgIpc) is 2.42. The molecule has 1 amide bonds. The Morgan fingerprint density at radius 1 is 1.44 bits per heavy atom. The first-order chi connectivity index (χ1) is 8.61. The lowest BCUT2D eigenvalue weighted by molar-refractivity contribution is -0.134. The predicted molar refractivity (Wildman–Crippen MR) is 71.8 cm³/mol. The molecule has 1 aromatic rings. The van der Waals surface area contributed by atoms with Gasteiger partial charge in [-0.2, -0.15) is 0 Å². The quantitative estimate of drug-likeness (QED) is 0.821. The van der Waals surface area contributed by atoms with Crippen LogP contribution in [0.15, 0.2) is 24.3 Å². The van der Waals surface area contributed by atoms with Crippen LogP contribution in [0.5, 0.6) is 5.75 Å². The van der Waals surface area contributed by atoms with Gasteiger partial charge in [0.25, 0.3) is 0 Å². The molecule has 0 N–H and O–H groups in total. The Morgan fingerprint density at radius 3 is 2.83 bits per heavy atom. The standard InChI is InChI=1S/C15H21NO2/c1-4-15(9-8-14(17)16(2)11-15)12-6-5-7-13(10-12)18-3/h5-7,10H,4,8-9,11H2,1-3H3. The number of rotatable bonds is 3. The van der Waals surface area contributed by atoms with E-state index in [-0.39, 0.29) is 11.3 Å². The molecule has 1 saturated heterocycles. The molecule has 3 nitrogen and oxygen atoms in total. The number of likely N-dealkylation sites (tertiary alicyclic amines) is 1. The molecule has 1 unspecified atom stereocenters. The first kappa shape index (κ1) is 12.9. The van der Waals surface area contributed by atoms with E-state index >= 15 is 0 Å². The van der Waals surface area contributed by atoms with Gasteiger partial charge in [0.2, 0.25) is 5.91 Å². The number of methoxy groups -OCH3 is 1. The highest BCUT2D eigenvalue weighted by atomic mass is 16.5. The molecule has 0 bridgehead atoms. The molecule has 1 aliphatic rings. The minimum absolute atomic E-state index is 0.0806. The lowest BCUT2D eigenvalue weighted by Crippen LogP contribution is -2.46. The van der Waals surface area contributed by atoms with Crippen molar-refractivity contribution in [1.29, 1.82) is 0 Å². The third-order valence-corrected chi connectivity index (χ3v) is 4.14. The molecule has 1 aliphatic heterocycles. The maximum absolute atomic E-state index is 11.7. The van der Waals surface area contributed by atoms with Crippen molar-refractivity contribution in [1.82, 2.24) is 4.90 Å². The smallest absolute Gasteiger partial charge is 0.222 e. The number of hydrogen-bond acceptors (Lipinski definition) is 2. The second-order valence-electron chi connectivity index (χ2n) is 5.12. The van der Waals surface area contributed by atoms with Crippen molar-refractivity contribution in [2.75, 3.05) is 20.7 Å². The fourth-order valence-electron chi connectivity index (χ4n) is 2.84. The summed E-state index contributed by atoms with van der Waals surface area (Å²) < 4.78 is 5.30. The molecule has 0 spiro atoms. The van der Waals surface area contributed by atoms with Gasteiger partial charge in [-0.3, -0.25) is 4.79 Å². The van der Waals surface area contributed by atoms with E-state index in [4.69, 9.17) is 4.74 Å². The van der Waals surface area contributed by atoms with E-state index in [1.165, 1.54) is 5.56 Å². The minimum atomic E-state index is 0.0806. The highest BCUT2D eigenvalue weighted by molar-refractivity contribution is 5.77. The van der Waals surface area contributed by atoms with Crippen molar-refractivity contribution in [3.8, 4) is 5.75 Å². The van der Waals surface area contributed by atoms with Crippen LogP contribution in [0.4, 0.5) is 0 Å². The minimum Gasteiger partial charge on any atom is -0.497 e. The largest absolute Gasteiger partial charge is 0.497 e.